The van der Waals surface area contributed by atoms with Crippen molar-refractivity contribution in [2.45, 2.75) is 11.8 Å². The van der Waals surface area contributed by atoms with Crippen LogP contribution in [0.4, 0.5) is 10.8 Å². The summed E-state index contributed by atoms with van der Waals surface area (Å²) in [5.41, 5.74) is 2.07. The van der Waals surface area contributed by atoms with Gasteiger partial charge < -0.3 is 0 Å². The fraction of sp³-hybridized carbons (Fsp3) is 0.0870. The number of carbonyl (C=O) groups excluding carboxylic acids is 1. The van der Waals surface area contributed by atoms with Crippen molar-refractivity contribution < 1.29 is 13.2 Å². The summed E-state index contributed by atoms with van der Waals surface area (Å²) in [5, 5.41) is 5.00. The Morgan fingerprint density at radius 1 is 1.12 bits per heavy atom. The Labute approximate surface area is 200 Å². The van der Waals surface area contributed by atoms with Crippen molar-refractivity contribution in [2.24, 2.45) is 0 Å². The lowest BCUT2D eigenvalue weighted by Gasteiger charge is -2.23. The third-order valence-electron chi connectivity index (χ3n) is 4.78. The molecule has 7 nitrogen and oxygen atoms in total. The van der Waals surface area contributed by atoms with Crippen LogP contribution in [0.3, 0.4) is 0 Å². The maximum atomic E-state index is 13.3. The average molecular weight is 499 g/mol. The highest BCUT2D eigenvalue weighted by molar-refractivity contribution is 7.92. The van der Waals surface area contributed by atoms with Gasteiger partial charge in [-0.15, -0.1) is 11.3 Å². The molecule has 1 N–H and O–H groups in total. The zero-order valence-corrected chi connectivity index (χ0v) is 19.9. The number of amides is 1. The monoisotopic (exact) mass is 498 g/mol. The third kappa shape index (κ3) is 4.90. The van der Waals surface area contributed by atoms with Crippen molar-refractivity contribution in [2.75, 3.05) is 16.2 Å². The Balaban J connectivity index is 1.61. The first-order valence-electron chi connectivity index (χ1n) is 9.94. The van der Waals surface area contributed by atoms with Crippen LogP contribution in [0.25, 0.3) is 11.3 Å². The molecule has 0 unspecified atom stereocenters. The standard InChI is InChI=1S/C23H19ClN4O3S2/c1-2-28(17-8-4-3-5-9-17)33(30,31)18-10-11-20(24)19(13-18)22(29)27-23-26-21(15-32-23)16-7-6-12-25-14-16/h3-15H,2H2,1H3,(H,26,27,29). The molecule has 2 heterocycles. The van der Waals surface area contributed by atoms with Gasteiger partial charge in [0.1, 0.15) is 0 Å². The maximum Gasteiger partial charge on any atom is 0.264 e. The van der Waals surface area contributed by atoms with E-state index in [9.17, 15) is 13.2 Å². The minimum absolute atomic E-state index is 0.0297. The van der Waals surface area contributed by atoms with E-state index in [1.807, 2.05) is 12.1 Å². The number of benzene rings is 2. The van der Waals surface area contributed by atoms with Gasteiger partial charge in [0.05, 0.1) is 26.9 Å². The summed E-state index contributed by atoms with van der Waals surface area (Å²) in [4.78, 5) is 21.4. The van der Waals surface area contributed by atoms with E-state index in [4.69, 9.17) is 11.6 Å². The molecule has 4 aromatic rings. The second-order valence-corrected chi connectivity index (χ2v) is 10.0. The van der Waals surface area contributed by atoms with Gasteiger partial charge in [-0.05, 0) is 49.4 Å². The van der Waals surface area contributed by atoms with E-state index in [-0.39, 0.29) is 22.0 Å². The number of halogens is 1. The molecule has 0 saturated carbocycles. The van der Waals surface area contributed by atoms with Gasteiger partial charge in [-0.25, -0.2) is 13.4 Å². The summed E-state index contributed by atoms with van der Waals surface area (Å²) in [6, 6.07) is 16.5. The topological polar surface area (TPSA) is 92.3 Å². The molecule has 2 aromatic carbocycles. The third-order valence-corrected chi connectivity index (χ3v) is 7.77. The van der Waals surface area contributed by atoms with E-state index in [0.29, 0.717) is 16.5 Å². The number of nitrogens with zero attached hydrogens (tertiary/aromatic N) is 3. The normalized spacial score (nSPS) is 11.2. The number of nitrogens with one attached hydrogen (secondary N) is 1. The molecule has 0 radical (unpaired) electrons. The Kier molecular flexibility index (Phi) is 6.73. The van der Waals surface area contributed by atoms with E-state index >= 15 is 0 Å². The van der Waals surface area contributed by atoms with Crippen LogP contribution in [-0.2, 0) is 10.0 Å². The number of aromatic nitrogens is 2. The zero-order chi connectivity index (χ0) is 23.4. The number of hydrogen-bond donors (Lipinski definition) is 1. The highest BCUT2D eigenvalue weighted by Gasteiger charge is 2.25. The lowest BCUT2D eigenvalue weighted by atomic mass is 10.2. The van der Waals surface area contributed by atoms with Gasteiger partial charge in [0.2, 0.25) is 0 Å². The molecule has 168 valence electrons. The molecule has 0 bridgehead atoms. The number of anilines is 2. The number of thiazole rings is 1. The zero-order valence-electron chi connectivity index (χ0n) is 17.5. The van der Waals surface area contributed by atoms with Gasteiger partial charge in [-0.3, -0.25) is 19.4 Å². The fourth-order valence-corrected chi connectivity index (χ4v) is 5.61. The Morgan fingerprint density at radius 3 is 2.61 bits per heavy atom. The Bertz CT molecular complexity index is 1380. The summed E-state index contributed by atoms with van der Waals surface area (Å²) in [5.74, 6) is -0.549. The van der Waals surface area contributed by atoms with E-state index in [1.54, 1.807) is 55.0 Å². The summed E-state index contributed by atoms with van der Waals surface area (Å²) >= 11 is 7.49. The molecule has 1 amide bonds. The summed E-state index contributed by atoms with van der Waals surface area (Å²) in [7, 11) is -3.91. The smallest absolute Gasteiger partial charge is 0.264 e. The van der Waals surface area contributed by atoms with Gasteiger partial charge in [0.25, 0.3) is 15.9 Å². The molecule has 4 rings (SSSR count). The average Bonchev–Trinajstić information content (AvgIpc) is 3.29. The van der Waals surface area contributed by atoms with E-state index in [0.717, 1.165) is 5.56 Å². The van der Waals surface area contributed by atoms with Crippen LogP contribution < -0.4 is 9.62 Å². The minimum atomic E-state index is -3.91. The van der Waals surface area contributed by atoms with Crippen LogP contribution in [0.15, 0.2) is 83.3 Å². The van der Waals surface area contributed by atoms with Crippen molar-refractivity contribution in [1.82, 2.24) is 9.97 Å². The van der Waals surface area contributed by atoms with Crippen LogP contribution >= 0.6 is 22.9 Å². The molecule has 0 fully saturated rings. The molecule has 33 heavy (non-hydrogen) atoms. The Hall–Kier alpha value is -3.27. The lowest BCUT2D eigenvalue weighted by molar-refractivity contribution is 0.102. The quantitative estimate of drug-likeness (QED) is 0.372. The summed E-state index contributed by atoms with van der Waals surface area (Å²) < 4.78 is 27.9. The summed E-state index contributed by atoms with van der Waals surface area (Å²) in [6.45, 7) is 1.98. The molecular formula is C23H19ClN4O3S2. The molecule has 0 atom stereocenters. The summed E-state index contributed by atoms with van der Waals surface area (Å²) in [6.07, 6.45) is 3.34. The molecule has 10 heteroatoms. The molecular weight excluding hydrogens is 480 g/mol. The van der Waals surface area contributed by atoms with Gasteiger partial charge in [-0.2, -0.15) is 0 Å². The van der Waals surface area contributed by atoms with Crippen LogP contribution in [0.5, 0.6) is 0 Å². The maximum absolute atomic E-state index is 13.3. The first kappa shape index (κ1) is 22.9. The van der Waals surface area contributed by atoms with E-state index < -0.39 is 15.9 Å². The van der Waals surface area contributed by atoms with Crippen molar-refractivity contribution in [3.8, 4) is 11.3 Å². The van der Waals surface area contributed by atoms with Gasteiger partial charge in [0.15, 0.2) is 5.13 Å². The first-order chi connectivity index (χ1) is 15.9. The highest BCUT2D eigenvalue weighted by atomic mass is 35.5. The second-order valence-electron chi connectivity index (χ2n) is 6.88. The lowest BCUT2D eigenvalue weighted by Crippen LogP contribution is -2.31. The van der Waals surface area contributed by atoms with Crippen LogP contribution in [0.1, 0.15) is 17.3 Å². The highest BCUT2D eigenvalue weighted by Crippen LogP contribution is 2.28. The predicted molar refractivity (Wildman–Crippen MR) is 131 cm³/mol. The fourth-order valence-electron chi connectivity index (χ4n) is 3.19. The molecule has 0 aliphatic rings. The van der Waals surface area contributed by atoms with Crippen LogP contribution in [0, 0.1) is 0 Å². The van der Waals surface area contributed by atoms with Gasteiger partial charge in [-0.1, -0.05) is 29.8 Å². The van der Waals surface area contributed by atoms with Crippen molar-refractivity contribution in [1.29, 1.82) is 0 Å². The van der Waals surface area contributed by atoms with Crippen LogP contribution in [0.2, 0.25) is 5.02 Å². The molecule has 2 aromatic heterocycles. The van der Waals surface area contributed by atoms with Crippen LogP contribution in [-0.4, -0.2) is 30.8 Å². The van der Waals surface area contributed by atoms with E-state index in [2.05, 4.69) is 15.3 Å². The number of rotatable bonds is 7. The van der Waals surface area contributed by atoms with Gasteiger partial charge >= 0.3 is 0 Å². The van der Waals surface area contributed by atoms with Gasteiger partial charge in [0, 0.05) is 29.9 Å². The number of sulfonamides is 1. The first-order valence-corrected chi connectivity index (χ1v) is 12.6. The predicted octanol–water partition coefficient (Wildman–Crippen LogP) is 5.33. The van der Waals surface area contributed by atoms with Crippen molar-refractivity contribution in [3.63, 3.8) is 0 Å². The largest absolute Gasteiger partial charge is 0.298 e. The molecule has 0 aliphatic heterocycles. The number of carbonyl (C=O) groups is 1. The van der Waals surface area contributed by atoms with Crippen molar-refractivity contribution in [3.05, 3.63) is 89.0 Å². The van der Waals surface area contributed by atoms with Crippen molar-refractivity contribution >= 4 is 49.7 Å². The minimum Gasteiger partial charge on any atom is -0.298 e. The number of pyridine rings is 1. The SMILES string of the molecule is CCN(c1ccccc1)S(=O)(=O)c1ccc(Cl)c(C(=O)Nc2nc(-c3cccnc3)cs2)c1. The van der Waals surface area contributed by atoms with E-state index in [1.165, 1.54) is 33.8 Å². The number of hydrogen-bond acceptors (Lipinski definition) is 6. The molecule has 0 aliphatic carbocycles. The second kappa shape index (κ2) is 9.70. The Morgan fingerprint density at radius 2 is 1.91 bits per heavy atom. The molecule has 0 spiro atoms. The molecule has 0 saturated heterocycles. The number of para-hydroxylation sites is 1.